The molecule has 2 aromatic rings. The van der Waals surface area contributed by atoms with Gasteiger partial charge >= 0.3 is 5.97 Å². The number of ether oxygens (including phenoxy) is 1. The van der Waals surface area contributed by atoms with Crippen LogP contribution in [-0.4, -0.2) is 49.6 Å². The minimum atomic E-state index is -0.208. The minimum Gasteiger partial charge on any atom is -0.466 e. The third kappa shape index (κ3) is 5.57. The summed E-state index contributed by atoms with van der Waals surface area (Å²) in [7, 11) is 0. The number of piperidine rings is 1. The predicted octanol–water partition coefficient (Wildman–Crippen LogP) is 4.61. The molecular formula is C27H34N2O3. The molecule has 0 bridgehead atoms. The maximum Gasteiger partial charge on any atom is 0.302 e. The molecule has 5 heteroatoms. The summed E-state index contributed by atoms with van der Waals surface area (Å²) in [6, 6.07) is 19.1. The molecule has 1 fully saturated rings. The summed E-state index contributed by atoms with van der Waals surface area (Å²) >= 11 is 0. The van der Waals surface area contributed by atoms with E-state index < -0.39 is 0 Å². The molecule has 0 spiro atoms. The van der Waals surface area contributed by atoms with Crippen molar-refractivity contribution in [1.29, 1.82) is 0 Å². The van der Waals surface area contributed by atoms with E-state index in [1.807, 2.05) is 11.0 Å². The van der Waals surface area contributed by atoms with E-state index in [0.29, 0.717) is 25.0 Å². The van der Waals surface area contributed by atoms with E-state index in [-0.39, 0.29) is 11.9 Å². The molecule has 2 aliphatic heterocycles. The number of para-hydroxylation sites is 1. The summed E-state index contributed by atoms with van der Waals surface area (Å²) < 4.78 is 5.09. The number of hydrogen-bond donors (Lipinski definition) is 0. The molecule has 0 radical (unpaired) electrons. The molecule has 1 atom stereocenters. The van der Waals surface area contributed by atoms with Gasteiger partial charge in [0.1, 0.15) is 0 Å². The second-order valence-electron chi connectivity index (χ2n) is 9.06. The van der Waals surface area contributed by atoms with Crippen molar-refractivity contribution in [2.24, 2.45) is 5.92 Å². The smallest absolute Gasteiger partial charge is 0.302 e. The Labute approximate surface area is 191 Å². The van der Waals surface area contributed by atoms with Crippen LogP contribution < -0.4 is 4.90 Å². The van der Waals surface area contributed by atoms with Gasteiger partial charge in [0.15, 0.2) is 0 Å². The summed E-state index contributed by atoms with van der Waals surface area (Å²) in [5.74, 6) is 0.897. The molecule has 4 rings (SSSR count). The number of hydrogen-bond acceptors (Lipinski definition) is 4. The summed E-state index contributed by atoms with van der Waals surface area (Å²) in [5.41, 5.74) is 3.65. The van der Waals surface area contributed by atoms with Gasteiger partial charge in [0.2, 0.25) is 5.91 Å². The molecular weight excluding hydrogens is 400 g/mol. The number of rotatable bonds is 6. The lowest BCUT2D eigenvalue weighted by Crippen LogP contribution is -2.44. The highest BCUT2D eigenvalue weighted by molar-refractivity contribution is 5.96. The van der Waals surface area contributed by atoms with E-state index in [4.69, 9.17) is 4.74 Å². The molecule has 32 heavy (non-hydrogen) atoms. The fourth-order valence-electron chi connectivity index (χ4n) is 5.13. The molecule has 2 heterocycles. The zero-order valence-electron chi connectivity index (χ0n) is 19.0. The van der Waals surface area contributed by atoms with Gasteiger partial charge in [0.05, 0.1) is 13.2 Å². The number of carbonyl (C=O) groups excluding carboxylic acids is 2. The van der Waals surface area contributed by atoms with Gasteiger partial charge in [-0.15, -0.1) is 0 Å². The molecule has 2 aromatic carbocycles. The molecule has 5 nitrogen and oxygen atoms in total. The van der Waals surface area contributed by atoms with Crippen LogP contribution in [0.5, 0.6) is 0 Å². The molecule has 0 aliphatic carbocycles. The van der Waals surface area contributed by atoms with E-state index in [9.17, 15) is 9.59 Å². The Kier molecular flexibility index (Phi) is 7.59. The molecule has 0 N–H and O–H groups in total. The largest absolute Gasteiger partial charge is 0.466 e. The first-order valence-electron chi connectivity index (χ1n) is 11.9. The third-order valence-corrected chi connectivity index (χ3v) is 6.88. The van der Waals surface area contributed by atoms with E-state index in [0.717, 1.165) is 57.4 Å². The minimum absolute atomic E-state index is 0.199. The Hall–Kier alpha value is -2.66. The van der Waals surface area contributed by atoms with Crippen LogP contribution in [0.3, 0.4) is 0 Å². The summed E-state index contributed by atoms with van der Waals surface area (Å²) in [5, 5.41) is 0. The fourth-order valence-corrected chi connectivity index (χ4v) is 5.13. The van der Waals surface area contributed by atoms with Gasteiger partial charge in [0.25, 0.3) is 0 Å². The van der Waals surface area contributed by atoms with Crippen LogP contribution in [0, 0.1) is 5.92 Å². The number of likely N-dealkylation sites (tertiary alicyclic amines) is 1. The van der Waals surface area contributed by atoms with Gasteiger partial charge in [-0.25, -0.2) is 0 Å². The monoisotopic (exact) mass is 434 g/mol. The molecule has 2 aliphatic rings. The standard InChI is InChI=1S/C27H34N2O3/c1-21(30)32-19-15-22-13-17-28(18-14-22)20-27(31)29-16-7-11-24(23-8-3-2-4-9-23)25-10-5-6-12-26(25)29/h2-6,8-10,12,22,24H,7,11,13-20H2,1H3. The van der Waals surface area contributed by atoms with E-state index in [1.54, 1.807) is 0 Å². The van der Waals surface area contributed by atoms with Crippen LogP contribution in [0.15, 0.2) is 54.6 Å². The third-order valence-electron chi connectivity index (χ3n) is 6.88. The van der Waals surface area contributed by atoms with Crippen molar-refractivity contribution in [3.8, 4) is 0 Å². The second-order valence-corrected chi connectivity index (χ2v) is 9.06. The molecule has 1 unspecified atom stereocenters. The number of esters is 1. The van der Waals surface area contributed by atoms with Crippen LogP contribution >= 0.6 is 0 Å². The summed E-state index contributed by atoms with van der Waals surface area (Å²) in [6.45, 7) is 5.07. The second kappa shape index (κ2) is 10.8. The average Bonchev–Trinajstić information content (AvgIpc) is 3.00. The Morgan fingerprint density at radius 1 is 0.938 bits per heavy atom. The molecule has 0 saturated carbocycles. The first-order chi connectivity index (χ1) is 15.6. The quantitative estimate of drug-likeness (QED) is 0.623. The Morgan fingerprint density at radius 2 is 1.66 bits per heavy atom. The van der Waals surface area contributed by atoms with Gasteiger partial charge in [0, 0.05) is 25.1 Å². The van der Waals surface area contributed by atoms with Gasteiger partial charge < -0.3 is 9.64 Å². The lowest BCUT2D eigenvalue weighted by atomic mass is 9.87. The van der Waals surface area contributed by atoms with Gasteiger partial charge in [-0.2, -0.15) is 0 Å². The van der Waals surface area contributed by atoms with E-state index in [1.165, 1.54) is 18.1 Å². The van der Waals surface area contributed by atoms with Gasteiger partial charge in [-0.1, -0.05) is 48.5 Å². The number of nitrogens with zero attached hydrogens (tertiary/aromatic N) is 2. The average molecular weight is 435 g/mol. The Morgan fingerprint density at radius 3 is 2.41 bits per heavy atom. The zero-order valence-corrected chi connectivity index (χ0v) is 19.0. The van der Waals surface area contributed by atoms with Gasteiger partial charge in [-0.3, -0.25) is 14.5 Å². The van der Waals surface area contributed by atoms with Crippen molar-refractivity contribution in [2.45, 2.75) is 44.9 Å². The first kappa shape index (κ1) is 22.5. The number of amides is 1. The highest BCUT2D eigenvalue weighted by Crippen LogP contribution is 2.38. The van der Waals surface area contributed by atoms with Crippen molar-refractivity contribution >= 4 is 17.6 Å². The highest BCUT2D eigenvalue weighted by atomic mass is 16.5. The number of carbonyl (C=O) groups is 2. The SMILES string of the molecule is CC(=O)OCCC1CCN(CC(=O)N2CCCC(c3ccccc3)c3ccccc32)CC1. The van der Waals surface area contributed by atoms with Crippen LogP contribution in [-0.2, 0) is 14.3 Å². The van der Waals surface area contributed by atoms with Crippen molar-refractivity contribution in [2.75, 3.05) is 37.7 Å². The van der Waals surface area contributed by atoms with Crippen LogP contribution in [0.1, 0.15) is 56.1 Å². The van der Waals surface area contributed by atoms with Crippen molar-refractivity contribution in [3.63, 3.8) is 0 Å². The van der Waals surface area contributed by atoms with Crippen LogP contribution in [0.2, 0.25) is 0 Å². The Balaban J connectivity index is 1.39. The highest BCUT2D eigenvalue weighted by Gasteiger charge is 2.29. The van der Waals surface area contributed by atoms with Crippen LogP contribution in [0.25, 0.3) is 0 Å². The normalized spacial score (nSPS) is 19.8. The van der Waals surface area contributed by atoms with Crippen molar-refractivity contribution in [3.05, 3.63) is 65.7 Å². The van der Waals surface area contributed by atoms with Crippen molar-refractivity contribution in [1.82, 2.24) is 4.90 Å². The summed E-state index contributed by atoms with van der Waals surface area (Å²) in [4.78, 5) is 28.6. The van der Waals surface area contributed by atoms with Crippen LogP contribution in [0.4, 0.5) is 5.69 Å². The lowest BCUT2D eigenvalue weighted by Gasteiger charge is -2.33. The fraction of sp³-hybridized carbons (Fsp3) is 0.481. The Bertz CT molecular complexity index is 906. The molecule has 170 valence electrons. The molecule has 1 saturated heterocycles. The maximum absolute atomic E-state index is 13.4. The van der Waals surface area contributed by atoms with E-state index >= 15 is 0 Å². The molecule has 0 aromatic heterocycles. The predicted molar refractivity (Wildman–Crippen MR) is 127 cm³/mol. The first-order valence-corrected chi connectivity index (χ1v) is 11.9. The zero-order chi connectivity index (χ0) is 22.3. The lowest BCUT2D eigenvalue weighted by molar-refractivity contribution is -0.141. The van der Waals surface area contributed by atoms with Gasteiger partial charge in [-0.05, 0) is 68.3 Å². The van der Waals surface area contributed by atoms with Crippen molar-refractivity contribution < 1.29 is 14.3 Å². The van der Waals surface area contributed by atoms with E-state index in [2.05, 4.69) is 53.4 Å². The maximum atomic E-state index is 13.4. The number of anilines is 1. The topological polar surface area (TPSA) is 49.9 Å². The molecule has 1 amide bonds. The number of fused-ring (bicyclic) bond motifs is 1. The number of benzene rings is 2. The summed E-state index contributed by atoms with van der Waals surface area (Å²) in [6.07, 6.45) is 5.08.